The Morgan fingerprint density at radius 2 is 1.12 bits per heavy atom. The van der Waals surface area contributed by atoms with Crippen LogP contribution in [0.5, 0.6) is 0 Å². The van der Waals surface area contributed by atoms with Crippen molar-refractivity contribution in [2.45, 2.75) is 84.0 Å². The lowest BCUT2D eigenvalue weighted by Gasteiger charge is -2.00. The van der Waals surface area contributed by atoms with Crippen molar-refractivity contribution in [3.05, 3.63) is 0 Å². The molecule has 100 valence electrons. The van der Waals surface area contributed by atoms with Crippen LogP contribution in [0.2, 0.25) is 0 Å². The number of hydrogen-bond donors (Lipinski definition) is 1. The summed E-state index contributed by atoms with van der Waals surface area (Å²) in [6, 6.07) is 0. The molecule has 0 saturated heterocycles. The Hall–Kier alpha value is -0.480. The largest absolute Gasteiger partial charge is 0.396 e. The molecule has 0 fully saturated rings. The minimum atomic E-state index is 0.271. The second-order valence-electron chi connectivity index (χ2n) is 4.76. The molecule has 1 nitrogen and oxygen atoms in total. The molecule has 0 bridgehead atoms. The molecule has 0 unspecified atom stereocenters. The van der Waals surface area contributed by atoms with Gasteiger partial charge in [0.15, 0.2) is 0 Å². The fourth-order valence-electron chi connectivity index (χ4n) is 1.87. The maximum absolute atomic E-state index is 8.58. The van der Waals surface area contributed by atoms with Gasteiger partial charge in [-0.3, -0.25) is 0 Å². The highest BCUT2D eigenvalue weighted by molar-refractivity contribution is 4.98. The zero-order valence-electron chi connectivity index (χ0n) is 11.6. The van der Waals surface area contributed by atoms with Crippen molar-refractivity contribution < 1.29 is 5.11 Å². The first-order chi connectivity index (χ1) is 8.41. The van der Waals surface area contributed by atoms with Crippen molar-refractivity contribution in [2.24, 2.45) is 0 Å². The van der Waals surface area contributed by atoms with E-state index in [-0.39, 0.29) is 6.61 Å². The average Bonchev–Trinajstić information content (AvgIpc) is 2.35. The van der Waals surface area contributed by atoms with Crippen LogP contribution < -0.4 is 0 Å². The highest BCUT2D eigenvalue weighted by atomic mass is 16.2. The summed E-state index contributed by atoms with van der Waals surface area (Å²) in [5.41, 5.74) is 0. The lowest BCUT2D eigenvalue weighted by molar-refractivity contribution is 0.290. The van der Waals surface area contributed by atoms with Gasteiger partial charge in [0.05, 0.1) is 0 Å². The molecule has 1 heteroatoms. The molecular formula is C16H30O. The molecule has 0 saturated carbocycles. The topological polar surface area (TPSA) is 20.2 Å². The summed E-state index contributed by atoms with van der Waals surface area (Å²) in [5.74, 6) is 6.28. The second kappa shape index (κ2) is 15.5. The van der Waals surface area contributed by atoms with Crippen LogP contribution in [-0.2, 0) is 0 Å². The van der Waals surface area contributed by atoms with E-state index in [1.807, 2.05) is 0 Å². The third-order valence-electron chi connectivity index (χ3n) is 2.99. The number of hydrogen-bond acceptors (Lipinski definition) is 1. The Balaban J connectivity index is 2.99. The molecule has 1 N–H and O–H groups in total. The van der Waals surface area contributed by atoms with E-state index in [2.05, 4.69) is 18.8 Å². The Kier molecular flexibility index (Phi) is 15.1. The van der Waals surface area contributed by atoms with Gasteiger partial charge in [0.1, 0.15) is 0 Å². The summed E-state index contributed by atoms with van der Waals surface area (Å²) in [5, 5.41) is 8.58. The van der Waals surface area contributed by atoms with Gasteiger partial charge in [-0.05, 0) is 12.8 Å². The molecule has 0 amide bonds. The van der Waals surface area contributed by atoms with E-state index >= 15 is 0 Å². The smallest absolute Gasteiger partial charge is 0.0440 e. The Morgan fingerprint density at radius 1 is 0.647 bits per heavy atom. The summed E-state index contributed by atoms with van der Waals surface area (Å²) < 4.78 is 0. The normalized spacial score (nSPS) is 10.0. The molecule has 0 aromatic carbocycles. The van der Waals surface area contributed by atoms with Crippen LogP contribution >= 0.6 is 0 Å². The van der Waals surface area contributed by atoms with E-state index in [4.69, 9.17) is 5.11 Å². The number of aliphatic hydroxyl groups is 1. The van der Waals surface area contributed by atoms with Crippen molar-refractivity contribution in [3.63, 3.8) is 0 Å². The van der Waals surface area contributed by atoms with Gasteiger partial charge in [-0.15, -0.1) is 11.8 Å². The minimum Gasteiger partial charge on any atom is -0.396 e. The third-order valence-corrected chi connectivity index (χ3v) is 2.99. The van der Waals surface area contributed by atoms with Gasteiger partial charge in [-0.1, -0.05) is 58.3 Å². The Morgan fingerprint density at radius 3 is 1.65 bits per heavy atom. The van der Waals surface area contributed by atoms with Gasteiger partial charge in [-0.2, -0.15) is 0 Å². The van der Waals surface area contributed by atoms with E-state index in [0.717, 1.165) is 19.3 Å². The molecule has 0 heterocycles. The average molecular weight is 238 g/mol. The van der Waals surface area contributed by atoms with E-state index < -0.39 is 0 Å². The summed E-state index contributed by atoms with van der Waals surface area (Å²) in [6.45, 7) is 2.54. The van der Waals surface area contributed by atoms with Gasteiger partial charge < -0.3 is 5.11 Å². The summed E-state index contributed by atoms with van der Waals surface area (Å²) in [4.78, 5) is 0. The molecule has 0 aliphatic heterocycles. The monoisotopic (exact) mass is 238 g/mol. The fourth-order valence-corrected chi connectivity index (χ4v) is 1.87. The molecular weight excluding hydrogens is 208 g/mol. The van der Waals surface area contributed by atoms with Gasteiger partial charge in [-0.25, -0.2) is 0 Å². The highest BCUT2D eigenvalue weighted by Crippen LogP contribution is 2.10. The summed E-state index contributed by atoms with van der Waals surface area (Å²) >= 11 is 0. The standard InChI is InChI=1S/C16H30O/c1-2-3-4-5-6-7-8-9-10-11-12-13-14-15-16-17/h17H,2-11,14-16H2,1H3. The fraction of sp³-hybridized carbons (Fsp3) is 0.875. The minimum absolute atomic E-state index is 0.271. The van der Waals surface area contributed by atoms with Crippen LogP contribution in [-0.4, -0.2) is 11.7 Å². The quantitative estimate of drug-likeness (QED) is 0.409. The number of rotatable bonds is 11. The van der Waals surface area contributed by atoms with Crippen molar-refractivity contribution >= 4 is 0 Å². The zero-order valence-corrected chi connectivity index (χ0v) is 11.6. The molecule has 0 aliphatic carbocycles. The van der Waals surface area contributed by atoms with Gasteiger partial charge in [0.2, 0.25) is 0 Å². The van der Waals surface area contributed by atoms with Crippen LogP contribution in [0.25, 0.3) is 0 Å². The van der Waals surface area contributed by atoms with Crippen molar-refractivity contribution in [3.8, 4) is 11.8 Å². The Labute approximate surface area is 108 Å². The highest BCUT2D eigenvalue weighted by Gasteiger charge is 1.90. The van der Waals surface area contributed by atoms with Gasteiger partial charge in [0, 0.05) is 19.4 Å². The maximum atomic E-state index is 8.58. The van der Waals surface area contributed by atoms with E-state index in [0.29, 0.717) is 0 Å². The first-order valence-electron chi connectivity index (χ1n) is 7.48. The van der Waals surface area contributed by atoms with E-state index in [9.17, 15) is 0 Å². The molecule has 0 radical (unpaired) electrons. The lowest BCUT2D eigenvalue weighted by Crippen LogP contribution is -1.81. The van der Waals surface area contributed by atoms with Crippen molar-refractivity contribution in [1.82, 2.24) is 0 Å². The molecule has 0 atom stereocenters. The first kappa shape index (κ1) is 16.5. The maximum Gasteiger partial charge on any atom is 0.0440 e. The molecule has 0 spiro atoms. The van der Waals surface area contributed by atoms with Crippen LogP contribution in [0, 0.1) is 11.8 Å². The number of unbranched alkanes of at least 4 members (excludes halogenated alkanes) is 10. The predicted octanol–water partition coefficient (Wildman–Crippen LogP) is 4.68. The van der Waals surface area contributed by atoms with Crippen LogP contribution in [0.4, 0.5) is 0 Å². The molecule has 0 aromatic rings. The van der Waals surface area contributed by atoms with Crippen LogP contribution in [0.15, 0.2) is 0 Å². The van der Waals surface area contributed by atoms with Crippen LogP contribution in [0.3, 0.4) is 0 Å². The molecule has 0 aromatic heterocycles. The first-order valence-corrected chi connectivity index (χ1v) is 7.48. The Bertz CT molecular complexity index is 187. The van der Waals surface area contributed by atoms with Gasteiger partial charge >= 0.3 is 0 Å². The van der Waals surface area contributed by atoms with E-state index in [1.165, 1.54) is 57.8 Å². The lowest BCUT2D eigenvalue weighted by atomic mass is 10.1. The molecule has 0 rings (SSSR count). The third kappa shape index (κ3) is 15.5. The summed E-state index contributed by atoms with van der Waals surface area (Å²) in [7, 11) is 0. The SMILES string of the molecule is CCCCCCCCCCCC#CCCCO. The second-order valence-corrected chi connectivity index (χ2v) is 4.76. The van der Waals surface area contributed by atoms with Crippen molar-refractivity contribution in [1.29, 1.82) is 0 Å². The summed E-state index contributed by atoms with van der Waals surface area (Å²) in [6.07, 6.45) is 15.1. The van der Waals surface area contributed by atoms with Crippen LogP contribution in [0.1, 0.15) is 84.0 Å². The predicted molar refractivity (Wildman–Crippen MR) is 75.9 cm³/mol. The zero-order chi connectivity index (χ0) is 12.6. The van der Waals surface area contributed by atoms with Crippen molar-refractivity contribution in [2.75, 3.05) is 6.61 Å². The number of aliphatic hydroxyl groups excluding tert-OH is 1. The molecule has 17 heavy (non-hydrogen) atoms. The van der Waals surface area contributed by atoms with Gasteiger partial charge in [0.25, 0.3) is 0 Å². The molecule has 0 aliphatic rings. The van der Waals surface area contributed by atoms with E-state index in [1.54, 1.807) is 0 Å².